The molecule has 0 saturated heterocycles. The Balaban J connectivity index is 2.97. The van der Waals surface area contributed by atoms with E-state index >= 15 is 0 Å². The molecule has 4 heteroatoms. The monoisotopic (exact) mass is 325 g/mol. The maximum atomic E-state index is 5.62. The second kappa shape index (κ2) is 10.8. The molecule has 0 heterocycles. The van der Waals surface area contributed by atoms with Crippen molar-refractivity contribution in [3.05, 3.63) is 17.7 Å². The molecule has 0 fully saturated rings. The first-order chi connectivity index (χ1) is 10.7. The second-order valence-electron chi connectivity index (χ2n) is 5.50. The van der Waals surface area contributed by atoms with E-state index in [-0.39, 0.29) is 0 Å². The molecule has 1 N–H and O–H groups in total. The van der Waals surface area contributed by atoms with E-state index in [2.05, 4.69) is 31.3 Å². The molecule has 0 bridgehead atoms. The highest BCUT2D eigenvalue weighted by Crippen LogP contribution is 2.36. The number of hydrogen-bond acceptors (Lipinski definition) is 4. The van der Waals surface area contributed by atoms with Crippen molar-refractivity contribution in [1.29, 1.82) is 0 Å². The third kappa shape index (κ3) is 5.73. The van der Waals surface area contributed by atoms with Gasteiger partial charge in [0.05, 0.1) is 19.1 Å². The van der Waals surface area contributed by atoms with Crippen LogP contribution < -0.4 is 14.8 Å². The molecule has 1 atom stereocenters. The number of hydrogen-bond donors (Lipinski definition) is 1. The lowest BCUT2D eigenvalue weighted by Gasteiger charge is -2.19. The van der Waals surface area contributed by atoms with Crippen molar-refractivity contribution in [2.75, 3.05) is 27.0 Å². The first kappa shape index (κ1) is 19.2. The Labute approximate surface area is 140 Å². The van der Waals surface area contributed by atoms with E-state index in [1.54, 1.807) is 14.2 Å². The molecular weight excluding hydrogens is 294 g/mol. The summed E-state index contributed by atoms with van der Waals surface area (Å²) < 4.78 is 11.2. The van der Waals surface area contributed by atoms with Crippen molar-refractivity contribution in [2.24, 2.45) is 0 Å². The van der Waals surface area contributed by atoms with Crippen molar-refractivity contribution in [2.45, 2.75) is 56.9 Å². The minimum absolute atomic E-state index is 0.474. The van der Waals surface area contributed by atoms with E-state index < -0.39 is 0 Å². The molecule has 1 aromatic rings. The zero-order chi connectivity index (χ0) is 16.4. The van der Waals surface area contributed by atoms with Gasteiger partial charge in [-0.15, -0.1) is 11.8 Å². The summed E-state index contributed by atoms with van der Waals surface area (Å²) in [5.74, 6) is 3.05. The average molecular weight is 326 g/mol. The van der Waals surface area contributed by atoms with Gasteiger partial charge in [-0.25, -0.2) is 0 Å². The van der Waals surface area contributed by atoms with Crippen LogP contribution in [0, 0.1) is 0 Å². The SMILES string of the molecule is CCCCSc1cc(OC)c(CC(CCC)NC)cc1OC. The number of thioether (sulfide) groups is 1. The number of rotatable bonds is 11. The van der Waals surface area contributed by atoms with Gasteiger partial charge in [-0.1, -0.05) is 26.7 Å². The van der Waals surface area contributed by atoms with Crippen molar-refractivity contribution in [3.8, 4) is 11.5 Å². The maximum Gasteiger partial charge on any atom is 0.132 e. The summed E-state index contributed by atoms with van der Waals surface area (Å²) in [5, 5.41) is 3.40. The predicted molar refractivity (Wildman–Crippen MR) is 96.6 cm³/mol. The number of nitrogens with one attached hydrogen (secondary N) is 1. The fourth-order valence-electron chi connectivity index (χ4n) is 2.49. The van der Waals surface area contributed by atoms with Crippen LogP contribution in [0.1, 0.15) is 45.1 Å². The Morgan fingerprint density at radius 2 is 1.82 bits per heavy atom. The molecule has 22 heavy (non-hydrogen) atoms. The molecule has 1 unspecified atom stereocenters. The summed E-state index contributed by atoms with van der Waals surface area (Å²) in [6.45, 7) is 4.43. The van der Waals surface area contributed by atoms with Crippen molar-refractivity contribution < 1.29 is 9.47 Å². The van der Waals surface area contributed by atoms with Gasteiger partial charge in [-0.3, -0.25) is 0 Å². The summed E-state index contributed by atoms with van der Waals surface area (Å²) in [4.78, 5) is 1.17. The van der Waals surface area contributed by atoms with Gasteiger partial charge >= 0.3 is 0 Å². The van der Waals surface area contributed by atoms with E-state index in [1.165, 1.54) is 29.7 Å². The first-order valence-electron chi connectivity index (χ1n) is 8.25. The molecule has 1 aromatic carbocycles. The largest absolute Gasteiger partial charge is 0.496 e. The van der Waals surface area contributed by atoms with E-state index in [1.807, 2.05) is 18.8 Å². The zero-order valence-electron chi connectivity index (χ0n) is 14.7. The molecule has 126 valence electrons. The third-order valence-electron chi connectivity index (χ3n) is 3.83. The Kier molecular flexibility index (Phi) is 9.41. The Morgan fingerprint density at radius 1 is 1.09 bits per heavy atom. The van der Waals surface area contributed by atoms with Crippen LogP contribution in [0.3, 0.4) is 0 Å². The number of benzene rings is 1. The lowest BCUT2D eigenvalue weighted by molar-refractivity contribution is 0.387. The Bertz CT molecular complexity index is 437. The second-order valence-corrected chi connectivity index (χ2v) is 6.63. The highest BCUT2D eigenvalue weighted by molar-refractivity contribution is 7.99. The van der Waals surface area contributed by atoms with Crippen LogP contribution in [0.5, 0.6) is 11.5 Å². The summed E-state index contributed by atoms with van der Waals surface area (Å²) in [5.41, 5.74) is 1.21. The number of unbranched alkanes of at least 4 members (excludes halogenated alkanes) is 1. The summed E-state index contributed by atoms with van der Waals surface area (Å²) >= 11 is 1.85. The number of likely N-dealkylation sites (N-methyl/N-ethyl adjacent to an activating group) is 1. The van der Waals surface area contributed by atoms with E-state index in [0.29, 0.717) is 6.04 Å². The van der Waals surface area contributed by atoms with Crippen molar-refractivity contribution in [3.63, 3.8) is 0 Å². The standard InChI is InChI=1S/C18H31NO2S/c1-6-8-10-22-18-13-16(20-4)14(12-17(18)21-5)11-15(19-3)9-7-2/h12-13,15,19H,6-11H2,1-5H3. The third-order valence-corrected chi connectivity index (χ3v) is 4.96. The Hall–Kier alpha value is -0.870. The highest BCUT2D eigenvalue weighted by Gasteiger charge is 2.15. The van der Waals surface area contributed by atoms with Gasteiger partial charge in [-0.2, -0.15) is 0 Å². The molecule has 3 nitrogen and oxygen atoms in total. The fourth-order valence-corrected chi connectivity index (χ4v) is 3.62. The van der Waals surface area contributed by atoms with Crippen LogP contribution in [-0.4, -0.2) is 33.1 Å². The molecular formula is C18H31NO2S. The average Bonchev–Trinajstić information content (AvgIpc) is 2.55. The molecule has 0 aliphatic heterocycles. The van der Waals surface area contributed by atoms with E-state index in [4.69, 9.17) is 9.47 Å². The van der Waals surface area contributed by atoms with Crippen LogP contribution in [0.2, 0.25) is 0 Å². The van der Waals surface area contributed by atoms with Gasteiger partial charge in [0.1, 0.15) is 11.5 Å². The minimum atomic E-state index is 0.474. The van der Waals surface area contributed by atoms with Crippen LogP contribution in [0.15, 0.2) is 17.0 Å². The van der Waals surface area contributed by atoms with Crippen LogP contribution in [0.25, 0.3) is 0 Å². The molecule has 0 aliphatic rings. The molecule has 0 amide bonds. The van der Waals surface area contributed by atoms with Crippen LogP contribution in [0.4, 0.5) is 0 Å². The molecule has 0 saturated carbocycles. The van der Waals surface area contributed by atoms with Gasteiger partial charge in [0.15, 0.2) is 0 Å². The predicted octanol–water partition coefficient (Wildman–Crippen LogP) is 4.53. The van der Waals surface area contributed by atoms with Crippen LogP contribution >= 0.6 is 11.8 Å². The smallest absolute Gasteiger partial charge is 0.132 e. The lowest BCUT2D eigenvalue weighted by Crippen LogP contribution is -2.27. The fraction of sp³-hybridized carbons (Fsp3) is 0.667. The lowest BCUT2D eigenvalue weighted by atomic mass is 10.0. The van der Waals surface area contributed by atoms with Crippen molar-refractivity contribution in [1.82, 2.24) is 5.32 Å². The van der Waals surface area contributed by atoms with Gasteiger partial charge in [-0.05, 0) is 49.8 Å². The summed E-state index contributed by atoms with van der Waals surface area (Å²) in [7, 11) is 5.52. The van der Waals surface area contributed by atoms with Gasteiger partial charge < -0.3 is 14.8 Å². The number of methoxy groups -OCH3 is 2. The number of ether oxygens (including phenoxy) is 2. The molecule has 0 aliphatic carbocycles. The van der Waals surface area contributed by atoms with Crippen molar-refractivity contribution >= 4 is 11.8 Å². The van der Waals surface area contributed by atoms with Gasteiger partial charge in [0.25, 0.3) is 0 Å². The zero-order valence-corrected chi connectivity index (χ0v) is 15.5. The van der Waals surface area contributed by atoms with E-state index in [9.17, 15) is 0 Å². The van der Waals surface area contributed by atoms with Gasteiger partial charge in [0.2, 0.25) is 0 Å². The van der Waals surface area contributed by atoms with Crippen LogP contribution in [-0.2, 0) is 6.42 Å². The topological polar surface area (TPSA) is 30.5 Å². The molecule has 1 rings (SSSR count). The van der Waals surface area contributed by atoms with Gasteiger partial charge in [0, 0.05) is 6.04 Å². The summed E-state index contributed by atoms with van der Waals surface area (Å²) in [6, 6.07) is 4.75. The molecule has 0 spiro atoms. The highest BCUT2D eigenvalue weighted by atomic mass is 32.2. The first-order valence-corrected chi connectivity index (χ1v) is 9.23. The molecule has 0 radical (unpaired) electrons. The maximum absolute atomic E-state index is 5.62. The normalized spacial score (nSPS) is 12.2. The minimum Gasteiger partial charge on any atom is -0.496 e. The summed E-state index contributed by atoms with van der Waals surface area (Å²) in [6.07, 6.45) is 5.73. The van der Waals surface area contributed by atoms with E-state index in [0.717, 1.165) is 30.1 Å². The Morgan fingerprint density at radius 3 is 2.36 bits per heavy atom. The molecule has 0 aromatic heterocycles. The quantitative estimate of drug-likeness (QED) is 0.478.